The largest absolute Gasteiger partial charge is 0.469 e. The number of esters is 1. The van der Waals surface area contributed by atoms with Gasteiger partial charge in [0.15, 0.2) is 0 Å². The first-order chi connectivity index (χ1) is 15.2. The second-order valence-electron chi connectivity index (χ2n) is 7.05. The Bertz CT molecular complexity index is 1080. The van der Waals surface area contributed by atoms with E-state index in [-0.39, 0.29) is 44.0 Å². The zero-order chi connectivity index (χ0) is 23.7. The molecule has 0 aliphatic carbocycles. The van der Waals surface area contributed by atoms with Crippen molar-refractivity contribution < 1.29 is 22.7 Å². The Balaban J connectivity index is 2.29. The molecule has 174 valence electrons. The van der Waals surface area contributed by atoms with Crippen LogP contribution in [0.15, 0.2) is 58.4 Å². The molecule has 10 heteroatoms. The number of carbonyl (C=O) groups excluding carboxylic acids is 2. The lowest BCUT2D eigenvalue weighted by molar-refractivity contribution is -0.142. The molecule has 1 aromatic carbocycles. The maximum absolute atomic E-state index is 13.0. The molecule has 0 aliphatic heterocycles. The standard InChI is InChI=1S/C22H29N3O6S/c1-4-25(5-2)32(29,30)19-11-12-20(26)24(16-19)17-21(27)23(14-13-22(28)31-3)15-18-9-7-6-8-10-18/h6-12,16H,4-5,13-15,17H2,1-3H3. The molecular weight excluding hydrogens is 434 g/mol. The van der Waals surface area contributed by atoms with Gasteiger partial charge in [0.2, 0.25) is 15.9 Å². The third kappa shape index (κ3) is 6.51. The van der Waals surface area contributed by atoms with Crippen LogP contribution in [0.5, 0.6) is 0 Å². The predicted octanol–water partition coefficient (Wildman–Crippen LogP) is 1.47. The van der Waals surface area contributed by atoms with Crippen molar-refractivity contribution in [3.63, 3.8) is 0 Å². The summed E-state index contributed by atoms with van der Waals surface area (Å²) in [6.45, 7) is 4.02. The van der Waals surface area contributed by atoms with E-state index in [0.29, 0.717) is 0 Å². The number of methoxy groups -OCH3 is 1. The van der Waals surface area contributed by atoms with E-state index in [1.165, 1.54) is 28.6 Å². The molecule has 0 fully saturated rings. The average molecular weight is 464 g/mol. The van der Waals surface area contributed by atoms with Crippen LogP contribution in [0.4, 0.5) is 0 Å². The SMILES string of the molecule is CCN(CC)S(=O)(=O)c1ccc(=O)n(CC(=O)N(CCC(=O)OC)Cc2ccccc2)c1. The lowest BCUT2D eigenvalue weighted by Gasteiger charge is -2.23. The highest BCUT2D eigenvalue weighted by Crippen LogP contribution is 2.14. The molecule has 0 bridgehead atoms. The molecule has 0 spiro atoms. The number of carbonyl (C=O) groups is 2. The lowest BCUT2D eigenvalue weighted by Crippen LogP contribution is -2.38. The summed E-state index contributed by atoms with van der Waals surface area (Å²) in [5.41, 5.74) is 0.361. The van der Waals surface area contributed by atoms with Crippen molar-refractivity contribution in [2.24, 2.45) is 0 Å². The van der Waals surface area contributed by atoms with Crippen molar-refractivity contribution in [2.75, 3.05) is 26.7 Å². The van der Waals surface area contributed by atoms with Gasteiger partial charge in [-0.25, -0.2) is 8.42 Å². The summed E-state index contributed by atoms with van der Waals surface area (Å²) in [5.74, 6) is -0.877. The van der Waals surface area contributed by atoms with Gasteiger partial charge in [0, 0.05) is 38.4 Å². The Kier molecular flexibility index (Phi) is 9.15. The van der Waals surface area contributed by atoms with E-state index in [0.717, 1.165) is 16.2 Å². The first-order valence-electron chi connectivity index (χ1n) is 10.3. The molecule has 0 N–H and O–H groups in total. The quantitative estimate of drug-likeness (QED) is 0.467. The van der Waals surface area contributed by atoms with Crippen molar-refractivity contribution in [1.29, 1.82) is 0 Å². The Morgan fingerprint density at radius 1 is 1.03 bits per heavy atom. The van der Waals surface area contributed by atoms with Crippen LogP contribution >= 0.6 is 0 Å². The summed E-state index contributed by atoms with van der Waals surface area (Å²) in [4.78, 5) is 38.4. The summed E-state index contributed by atoms with van der Waals surface area (Å²) in [5, 5.41) is 0. The van der Waals surface area contributed by atoms with E-state index >= 15 is 0 Å². The van der Waals surface area contributed by atoms with E-state index in [4.69, 9.17) is 0 Å². The summed E-state index contributed by atoms with van der Waals surface area (Å²) >= 11 is 0. The lowest BCUT2D eigenvalue weighted by atomic mass is 10.2. The predicted molar refractivity (Wildman–Crippen MR) is 119 cm³/mol. The maximum Gasteiger partial charge on any atom is 0.307 e. The molecule has 9 nitrogen and oxygen atoms in total. The minimum atomic E-state index is -3.78. The van der Waals surface area contributed by atoms with E-state index < -0.39 is 27.5 Å². The fourth-order valence-corrected chi connectivity index (χ4v) is 4.65. The number of hydrogen-bond acceptors (Lipinski definition) is 6. The highest BCUT2D eigenvalue weighted by Gasteiger charge is 2.23. The van der Waals surface area contributed by atoms with Crippen LogP contribution in [0.25, 0.3) is 0 Å². The molecule has 1 heterocycles. The summed E-state index contributed by atoms with van der Waals surface area (Å²) in [6, 6.07) is 11.6. The third-order valence-corrected chi connectivity index (χ3v) is 7.02. The van der Waals surface area contributed by atoms with Gasteiger partial charge < -0.3 is 14.2 Å². The van der Waals surface area contributed by atoms with Crippen LogP contribution in [0.1, 0.15) is 25.8 Å². The van der Waals surface area contributed by atoms with Gasteiger partial charge in [-0.3, -0.25) is 14.4 Å². The first kappa shape index (κ1) is 25.3. The zero-order valence-corrected chi connectivity index (χ0v) is 19.4. The first-order valence-corrected chi connectivity index (χ1v) is 11.8. The number of sulfonamides is 1. The Morgan fingerprint density at radius 2 is 1.69 bits per heavy atom. The minimum absolute atomic E-state index is 0.000349. The van der Waals surface area contributed by atoms with Crippen molar-refractivity contribution in [3.8, 4) is 0 Å². The topological polar surface area (TPSA) is 106 Å². The molecule has 1 aromatic heterocycles. The Morgan fingerprint density at radius 3 is 2.28 bits per heavy atom. The molecule has 0 radical (unpaired) electrons. The van der Waals surface area contributed by atoms with E-state index in [1.54, 1.807) is 13.8 Å². The second-order valence-corrected chi connectivity index (χ2v) is 8.99. The van der Waals surface area contributed by atoms with Gasteiger partial charge in [-0.1, -0.05) is 44.2 Å². The third-order valence-electron chi connectivity index (χ3n) is 4.99. The molecular formula is C22H29N3O6S. The number of rotatable bonds is 11. The summed E-state index contributed by atoms with van der Waals surface area (Å²) < 4.78 is 32.6. The Hall–Kier alpha value is -2.98. The van der Waals surface area contributed by atoms with E-state index in [1.807, 2.05) is 30.3 Å². The van der Waals surface area contributed by atoms with Crippen LogP contribution in [-0.2, 0) is 37.4 Å². The van der Waals surface area contributed by atoms with Gasteiger partial charge in [0.05, 0.1) is 18.4 Å². The number of ether oxygens (including phenoxy) is 1. The Labute approximate surface area is 188 Å². The second kappa shape index (κ2) is 11.6. The van der Waals surface area contributed by atoms with Crippen molar-refractivity contribution >= 4 is 21.9 Å². The van der Waals surface area contributed by atoms with Crippen LogP contribution in [0.2, 0.25) is 0 Å². The maximum atomic E-state index is 13.0. The average Bonchev–Trinajstić information content (AvgIpc) is 2.78. The van der Waals surface area contributed by atoms with E-state index in [9.17, 15) is 22.8 Å². The number of pyridine rings is 1. The van der Waals surface area contributed by atoms with Gasteiger partial charge in [0.1, 0.15) is 6.54 Å². The number of amides is 1. The van der Waals surface area contributed by atoms with Crippen molar-refractivity contribution in [3.05, 3.63) is 64.6 Å². The fourth-order valence-electron chi connectivity index (χ4n) is 3.17. The van der Waals surface area contributed by atoms with E-state index in [2.05, 4.69) is 4.74 Å². The molecule has 0 unspecified atom stereocenters. The molecule has 32 heavy (non-hydrogen) atoms. The van der Waals surface area contributed by atoms with Crippen LogP contribution in [0, 0.1) is 0 Å². The monoisotopic (exact) mass is 463 g/mol. The van der Waals surface area contributed by atoms with Crippen molar-refractivity contribution in [2.45, 2.75) is 38.3 Å². The van der Waals surface area contributed by atoms with Crippen LogP contribution in [0.3, 0.4) is 0 Å². The van der Waals surface area contributed by atoms with Gasteiger partial charge >= 0.3 is 5.97 Å². The summed E-state index contributed by atoms with van der Waals surface area (Å²) in [6.07, 6.45) is 1.19. The smallest absolute Gasteiger partial charge is 0.307 e. The van der Waals surface area contributed by atoms with Crippen LogP contribution < -0.4 is 5.56 Å². The van der Waals surface area contributed by atoms with Gasteiger partial charge in [-0.15, -0.1) is 0 Å². The van der Waals surface area contributed by atoms with Crippen LogP contribution in [-0.4, -0.2) is 60.8 Å². The zero-order valence-electron chi connectivity index (χ0n) is 18.6. The molecule has 2 rings (SSSR count). The van der Waals surface area contributed by atoms with Gasteiger partial charge in [-0.2, -0.15) is 4.31 Å². The highest BCUT2D eigenvalue weighted by atomic mass is 32.2. The molecule has 0 saturated carbocycles. The number of nitrogens with zero attached hydrogens (tertiary/aromatic N) is 3. The number of hydrogen-bond donors (Lipinski definition) is 0. The molecule has 1 amide bonds. The number of aromatic nitrogens is 1. The molecule has 0 atom stereocenters. The van der Waals surface area contributed by atoms with Gasteiger partial charge in [0.25, 0.3) is 5.56 Å². The van der Waals surface area contributed by atoms with Gasteiger partial charge in [-0.05, 0) is 11.6 Å². The normalized spacial score (nSPS) is 11.4. The molecule has 0 saturated heterocycles. The number of benzene rings is 1. The van der Waals surface area contributed by atoms with Crippen molar-refractivity contribution in [1.82, 2.24) is 13.8 Å². The summed E-state index contributed by atoms with van der Waals surface area (Å²) in [7, 11) is -2.51. The highest BCUT2D eigenvalue weighted by molar-refractivity contribution is 7.89. The minimum Gasteiger partial charge on any atom is -0.469 e. The fraction of sp³-hybridized carbons (Fsp3) is 0.409. The molecule has 2 aromatic rings. The molecule has 0 aliphatic rings.